The van der Waals surface area contributed by atoms with Crippen LogP contribution in [0.25, 0.3) is 0 Å². The third-order valence-corrected chi connectivity index (χ3v) is 3.80. The van der Waals surface area contributed by atoms with Gasteiger partial charge in [0.25, 0.3) is 0 Å². The quantitative estimate of drug-likeness (QED) is 0.789. The maximum Gasteiger partial charge on any atom is 0.410 e. The molecule has 2 fully saturated rings. The van der Waals surface area contributed by atoms with Crippen molar-refractivity contribution < 1.29 is 14.3 Å². The first kappa shape index (κ1) is 14.6. The van der Waals surface area contributed by atoms with Gasteiger partial charge < -0.3 is 14.4 Å². The highest BCUT2D eigenvalue weighted by molar-refractivity contribution is 5.68. The number of ether oxygens (including phenoxy) is 2. The van der Waals surface area contributed by atoms with Crippen molar-refractivity contribution in [2.75, 3.05) is 19.7 Å². The summed E-state index contributed by atoms with van der Waals surface area (Å²) in [4.78, 5) is 13.8. The molecule has 4 heteroatoms. The maximum atomic E-state index is 12.0. The average Bonchev–Trinajstić information content (AvgIpc) is 3.04. The van der Waals surface area contributed by atoms with E-state index in [1.807, 2.05) is 20.8 Å². The Morgan fingerprint density at radius 2 is 2.05 bits per heavy atom. The monoisotopic (exact) mass is 269 g/mol. The summed E-state index contributed by atoms with van der Waals surface area (Å²) in [7, 11) is 0. The Morgan fingerprint density at radius 1 is 1.37 bits per heavy atom. The molecule has 0 spiro atoms. The van der Waals surface area contributed by atoms with E-state index in [1.54, 1.807) is 4.90 Å². The van der Waals surface area contributed by atoms with E-state index in [2.05, 4.69) is 6.92 Å². The van der Waals surface area contributed by atoms with Gasteiger partial charge in [0.1, 0.15) is 5.60 Å². The van der Waals surface area contributed by atoms with E-state index in [0.717, 1.165) is 26.0 Å². The smallest absolute Gasteiger partial charge is 0.410 e. The summed E-state index contributed by atoms with van der Waals surface area (Å²) >= 11 is 0. The van der Waals surface area contributed by atoms with Crippen LogP contribution in [0.2, 0.25) is 0 Å². The van der Waals surface area contributed by atoms with Gasteiger partial charge in [-0.2, -0.15) is 0 Å². The molecule has 1 aliphatic carbocycles. The van der Waals surface area contributed by atoms with Crippen molar-refractivity contribution in [3.05, 3.63) is 0 Å². The number of likely N-dealkylation sites (tertiary alicyclic amines) is 1. The van der Waals surface area contributed by atoms with Crippen LogP contribution in [0, 0.1) is 5.41 Å². The molecular formula is C15H27NO3. The first-order valence-corrected chi connectivity index (χ1v) is 7.37. The van der Waals surface area contributed by atoms with Crippen molar-refractivity contribution >= 4 is 6.09 Å². The summed E-state index contributed by atoms with van der Waals surface area (Å²) in [6.45, 7) is 10.3. The minimum absolute atomic E-state index is 0.179. The van der Waals surface area contributed by atoms with Crippen molar-refractivity contribution in [1.29, 1.82) is 0 Å². The lowest BCUT2D eigenvalue weighted by molar-refractivity contribution is -0.0306. The predicted octanol–water partition coefficient (Wildman–Crippen LogP) is 3.20. The molecule has 0 aromatic heterocycles. The molecule has 1 unspecified atom stereocenters. The molecule has 0 N–H and O–H groups in total. The van der Waals surface area contributed by atoms with E-state index >= 15 is 0 Å². The molecule has 19 heavy (non-hydrogen) atoms. The van der Waals surface area contributed by atoms with Crippen LogP contribution in [0.3, 0.4) is 0 Å². The minimum Gasteiger partial charge on any atom is -0.444 e. The van der Waals surface area contributed by atoms with Crippen LogP contribution in [0.1, 0.15) is 53.4 Å². The van der Waals surface area contributed by atoms with Crippen molar-refractivity contribution in [3.8, 4) is 0 Å². The highest BCUT2D eigenvalue weighted by atomic mass is 16.6. The summed E-state index contributed by atoms with van der Waals surface area (Å²) in [5.74, 6) is 0. The SMILES string of the molecule is CC1(COC2CCCN(C(=O)OC(C)(C)C)C2)CC1. The zero-order chi connectivity index (χ0) is 14.1. The predicted molar refractivity (Wildman–Crippen MR) is 74.1 cm³/mol. The summed E-state index contributed by atoms with van der Waals surface area (Å²) in [5, 5.41) is 0. The fourth-order valence-corrected chi connectivity index (χ4v) is 2.24. The molecule has 4 nitrogen and oxygen atoms in total. The zero-order valence-corrected chi connectivity index (χ0v) is 12.7. The van der Waals surface area contributed by atoms with Gasteiger partial charge in [-0.1, -0.05) is 6.92 Å². The number of carbonyl (C=O) groups excluding carboxylic acids is 1. The van der Waals surface area contributed by atoms with Gasteiger partial charge in [-0.25, -0.2) is 4.79 Å². The Kier molecular flexibility index (Phi) is 4.09. The molecule has 1 saturated carbocycles. The van der Waals surface area contributed by atoms with Crippen molar-refractivity contribution in [2.45, 2.75) is 65.1 Å². The summed E-state index contributed by atoms with van der Waals surface area (Å²) < 4.78 is 11.4. The molecule has 1 amide bonds. The normalized spacial score (nSPS) is 26.1. The van der Waals surface area contributed by atoms with E-state index in [1.165, 1.54) is 12.8 Å². The molecule has 2 aliphatic rings. The Bertz CT molecular complexity index is 331. The Balaban J connectivity index is 1.77. The first-order valence-electron chi connectivity index (χ1n) is 7.37. The number of piperidine rings is 1. The van der Waals surface area contributed by atoms with Crippen LogP contribution in [0.5, 0.6) is 0 Å². The summed E-state index contributed by atoms with van der Waals surface area (Å²) in [6.07, 6.45) is 4.57. The lowest BCUT2D eigenvalue weighted by atomic mass is 10.1. The van der Waals surface area contributed by atoms with Crippen LogP contribution < -0.4 is 0 Å². The highest BCUT2D eigenvalue weighted by Crippen LogP contribution is 2.45. The number of hydrogen-bond acceptors (Lipinski definition) is 3. The van der Waals surface area contributed by atoms with Crippen LogP contribution in [-0.4, -0.2) is 42.4 Å². The molecule has 1 aliphatic heterocycles. The third-order valence-electron chi connectivity index (χ3n) is 3.80. The fourth-order valence-electron chi connectivity index (χ4n) is 2.24. The minimum atomic E-state index is -0.424. The van der Waals surface area contributed by atoms with Gasteiger partial charge in [-0.3, -0.25) is 0 Å². The van der Waals surface area contributed by atoms with Crippen molar-refractivity contribution in [2.24, 2.45) is 5.41 Å². The first-order chi connectivity index (χ1) is 8.77. The Labute approximate surface area is 116 Å². The molecule has 1 saturated heterocycles. The zero-order valence-electron chi connectivity index (χ0n) is 12.7. The number of rotatable bonds is 3. The molecule has 1 atom stereocenters. The molecule has 0 radical (unpaired) electrons. The van der Waals surface area contributed by atoms with Gasteiger partial charge >= 0.3 is 6.09 Å². The fraction of sp³-hybridized carbons (Fsp3) is 0.933. The maximum absolute atomic E-state index is 12.0. The average molecular weight is 269 g/mol. The van der Waals surface area contributed by atoms with Crippen LogP contribution in [0.4, 0.5) is 4.79 Å². The molecule has 110 valence electrons. The lowest BCUT2D eigenvalue weighted by Gasteiger charge is -2.34. The van der Waals surface area contributed by atoms with Gasteiger partial charge in [0.05, 0.1) is 19.3 Å². The second-order valence-corrected chi connectivity index (χ2v) is 7.31. The van der Waals surface area contributed by atoms with Gasteiger partial charge in [0.2, 0.25) is 0 Å². The van der Waals surface area contributed by atoms with Crippen LogP contribution in [-0.2, 0) is 9.47 Å². The molecule has 0 bridgehead atoms. The Hall–Kier alpha value is -0.770. The Morgan fingerprint density at radius 3 is 2.63 bits per heavy atom. The lowest BCUT2D eigenvalue weighted by Crippen LogP contribution is -2.45. The van der Waals surface area contributed by atoms with Gasteiger partial charge in [-0.15, -0.1) is 0 Å². The van der Waals surface area contributed by atoms with Gasteiger partial charge in [-0.05, 0) is 51.9 Å². The van der Waals surface area contributed by atoms with Crippen molar-refractivity contribution in [3.63, 3.8) is 0 Å². The molecule has 0 aromatic rings. The van der Waals surface area contributed by atoms with Crippen LogP contribution >= 0.6 is 0 Å². The molecule has 2 rings (SSSR count). The number of amides is 1. The number of carbonyl (C=O) groups is 1. The van der Waals surface area contributed by atoms with Gasteiger partial charge in [0, 0.05) is 6.54 Å². The van der Waals surface area contributed by atoms with E-state index < -0.39 is 5.60 Å². The second kappa shape index (κ2) is 5.31. The number of nitrogens with zero attached hydrogens (tertiary/aromatic N) is 1. The van der Waals surface area contributed by atoms with Crippen LogP contribution in [0.15, 0.2) is 0 Å². The molecular weight excluding hydrogens is 242 g/mol. The standard InChI is InChI=1S/C15H27NO3/c1-14(2,3)19-13(17)16-9-5-6-12(10-16)18-11-15(4)7-8-15/h12H,5-11H2,1-4H3. The van der Waals surface area contributed by atoms with Gasteiger partial charge in [0.15, 0.2) is 0 Å². The summed E-state index contributed by atoms with van der Waals surface area (Å²) in [6, 6.07) is 0. The second-order valence-electron chi connectivity index (χ2n) is 7.31. The molecule has 0 aromatic carbocycles. The van der Waals surface area contributed by atoms with E-state index in [0.29, 0.717) is 12.0 Å². The summed E-state index contributed by atoms with van der Waals surface area (Å²) in [5.41, 5.74) is -0.0133. The van der Waals surface area contributed by atoms with E-state index in [-0.39, 0.29) is 12.2 Å². The molecule has 1 heterocycles. The topological polar surface area (TPSA) is 38.8 Å². The largest absolute Gasteiger partial charge is 0.444 e. The van der Waals surface area contributed by atoms with Crippen molar-refractivity contribution in [1.82, 2.24) is 4.90 Å². The van der Waals surface area contributed by atoms with E-state index in [9.17, 15) is 4.79 Å². The van der Waals surface area contributed by atoms with E-state index in [4.69, 9.17) is 9.47 Å². The number of hydrogen-bond donors (Lipinski definition) is 0. The third kappa shape index (κ3) is 4.68. The highest BCUT2D eigenvalue weighted by Gasteiger charge is 2.38.